The van der Waals surface area contributed by atoms with Gasteiger partial charge >= 0.3 is 0 Å². The van der Waals surface area contributed by atoms with Crippen LogP contribution in [0.15, 0.2) is 71.8 Å². The molecule has 0 unspecified atom stereocenters. The van der Waals surface area contributed by atoms with Gasteiger partial charge in [0.2, 0.25) is 5.91 Å². The Morgan fingerprint density at radius 2 is 1.60 bits per heavy atom. The predicted octanol–water partition coefficient (Wildman–Crippen LogP) is 5.73. The van der Waals surface area contributed by atoms with E-state index in [0.29, 0.717) is 13.0 Å². The lowest BCUT2D eigenvalue weighted by Gasteiger charge is -2.11. The topological polar surface area (TPSA) is 50.7 Å². The van der Waals surface area contributed by atoms with Crippen molar-refractivity contribution in [3.8, 4) is 5.75 Å². The van der Waals surface area contributed by atoms with E-state index in [4.69, 9.17) is 4.74 Å². The van der Waals surface area contributed by atoms with Crippen molar-refractivity contribution in [3.05, 3.63) is 96.1 Å². The summed E-state index contributed by atoms with van der Waals surface area (Å²) in [6.07, 6.45) is 2.95. The molecule has 1 N–H and O–H groups in total. The summed E-state index contributed by atoms with van der Waals surface area (Å²) in [6.45, 7) is 2.64. The Hall–Kier alpha value is -1.94. The molecule has 0 radical (unpaired) electrons. The van der Waals surface area contributed by atoms with Crippen molar-refractivity contribution < 1.29 is 9.53 Å². The maximum atomic E-state index is 12.1. The van der Waals surface area contributed by atoms with E-state index in [0.717, 1.165) is 36.0 Å². The van der Waals surface area contributed by atoms with Gasteiger partial charge in [-0.2, -0.15) is 5.10 Å². The molecule has 3 aromatic carbocycles. The fourth-order valence-electron chi connectivity index (χ4n) is 2.82. The highest BCUT2D eigenvalue weighted by Gasteiger charge is 2.09. The first-order chi connectivity index (χ1) is 14.5. The second-order valence-corrected chi connectivity index (χ2v) is 9.05. The van der Waals surface area contributed by atoms with Crippen molar-refractivity contribution in [2.75, 3.05) is 0 Å². The number of amides is 1. The zero-order chi connectivity index (χ0) is 21.3. The normalized spacial score (nSPS) is 10.9. The van der Waals surface area contributed by atoms with E-state index in [1.807, 2.05) is 54.6 Å². The molecule has 154 valence electrons. The van der Waals surface area contributed by atoms with Gasteiger partial charge in [0.1, 0.15) is 12.4 Å². The molecule has 30 heavy (non-hydrogen) atoms. The number of nitrogens with one attached hydrogen (secondary N) is 1. The van der Waals surface area contributed by atoms with Gasteiger partial charge in [0.15, 0.2) is 0 Å². The zero-order valence-electron chi connectivity index (χ0n) is 16.6. The standard InChI is InChI=1S/C24H22I2N2O2/c1-2-17-8-10-18(11-9-17)14-23(29)28-27-15-20-12-21(25)24(22(26)13-20)30-16-19-6-4-3-5-7-19/h3-13,15H,2,14,16H2,1H3,(H,28,29)/b27-15+. The number of carbonyl (C=O) groups is 1. The number of ether oxygens (including phenoxy) is 1. The number of carbonyl (C=O) groups excluding carboxylic acids is 1. The molecule has 0 aliphatic rings. The van der Waals surface area contributed by atoms with E-state index >= 15 is 0 Å². The van der Waals surface area contributed by atoms with Crippen molar-refractivity contribution >= 4 is 57.3 Å². The van der Waals surface area contributed by atoms with Crippen LogP contribution in [-0.2, 0) is 24.2 Å². The van der Waals surface area contributed by atoms with Gasteiger partial charge in [-0.25, -0.2) is 5.43 Å². The van der Waals surface area contributed by atoms with Gasteiger partial charge in [-0.15, -0.1) is 0 Å². The minimum absolute atomic E-state index is 0.136. The Morgan fingerprint density at radius 1 is 0.967 bits per heavy atom. The fraction of sp³-hybridized carbons (Fsp3) is 0.167. The molecule has 3 rings (SSSR count). The summed E-state index contributed by atoms with van der Waals surface area (Å²) in [6, 6.07) is 22.1. The molecule has 0 aromatic heterocycles. The van der Waals surface area contributed by atoms with Crippen LogP contribution in [0.5, 0.6) is 5.75 Å². The van der Waals surface area contributed by atoms with E-state index in [2.05, 4.69) is 74.8 Å². The van der Waals surface area contributed by atoms with Gasteiger partial charge < -0.3 is 4.74 Å². The van der Waals surface area contributed by atoms with Crippen LogP contribution in [0, 0.1) is 7.14 Å². The minimum Gasteiger partial charge on any atom is -0.487 e. The predicted molar refractivity (Wildman–Crippen MR) is 138 cm³/mol. The second-order valence-electron chi connectivity index (χ2n) is 6.73. The van der Waals surface area contributed by atoms with Crippen LogP contribution in [-0.4, -0.2) is 12.1 Å². The number of nitrogens with zero attached hydrogens (tertiary/aromatic N) is 1. The molecule has 0 bridgehead atoms. The van der Waals surface area contributed by atoms with Gasteiger partial charge in [-0.3, -0.25) is 4.79 Å². The largest absolute Gasteiger partial charge is 0.487 e. The number of hydrogen-bond donors (Lipinski definition) is 1. The summed E-state index contributed by atoms with van der Waals surface area (Å²) >= 11 is 4.52. The van der Waals surface area contributed by atoms with Crippen LogP contribution < -0.4 is 10.2 Å². The average molecular weight is 624 g/mol. The van der Waals surface area contributed by atoms with Gasteiger partial charge in [0.25, 0.3) is 0 Å². The Kier molecular flexibility index (Phi) is 8.68. The number of hydrazone groups is 1. The van der Waals surface area contributed by atoms with Crippen LogP contribution in [0.3, 0.4) is 0 Å². The van der Waals surface area contributed by atoms with E-state index < -0.39 is 0 Å². The minimum atomic E-state index is -0.136. The summed E-state index contributed by atoms with van der Waals surface area (Å²) in [7, 11) is 0. The Balaban J connectivity index is 1.56. The molecule has 0 aliphatic carbocycles. The zero-order valence-corrected chi connectivity index (χ0v) is 20.9. The number of rotatable bonds is 8. The van der Waals surface area contributed by atoms with Crippen molar-refractivity contribution in [2.45, 2.75) is 26.4 Å². The third-order valence-corrected chi connectivity index (χ3v) is 6.05. The fourth-order valence-corrected chi connectivity index (χ4v) is 4.95. The third-order valence-electron chi connectivity index (χ3n) is 4.45. The van der Waals surface area contributed by atoms with Crippen LogP contribution in [0.4, 0.5) is 0 Å². The highest BCUT2D eigenvalue weighted by atomic mass is 127. The first kappa shape index (κ1) is 22.7. The van der Waals surface area contributed by atoms with E-state index in [-0.39, 0.29) is 5.91 Å². The number of aryl methyl sites for hydroxylation is 1. The molecular formula is C24H22I2N2O2. The molecule has 0 heterocycles. The van der Waals surface area contributed by atoms with E-state index in [9.17, 15) is 4.79 Å². The molecule has 0 saturated heterocycles. The Labute approximate surface area is 204 Å². The Bertz CT molecular complexity index is 996. The van der Waals surface area contributed by atoms with Crippen LogP contribution >= 0.6 is 45.2 Å². The lowest BCUT2D eigenvalue weighted by Crippen LogP contribution is -2.19. The highest BCUT2D eigenvalue weighted by molar-refractivity contribution is 14.1. The smallest absolute Gasteiger partial charge is 0.244 e. The lowest BCUT2D eigenvalue weighted by atomic mass is 10.1. The van der Waals surface area contributed by atoms with Gasteiger partial charge in [0.05, 0.1) is 19.8 Å². The summed E-state index contributed by atoms with van der Waals surface area (Å²) in [5.74, 6) is 0.722. The van der Waals surface area contributed by atoms with Gasteiger partial charge in [0, 0.05) is 0 Å². The Morgan fingerprint density at radius 3 is 2.23 bits per heavy atom. The van der Waals surface area contributed by atoms with Crippen molar-refractivity contribution in [1.29, 1.82) is 0 Å². The van der Waals surface area contributed by atoms with Crippen molar-refractivity contribution in [2.24, 2.45) is 5.10 Å². The molecule has 0 atom stereocenters. The molecule has 4 nitrogen and oxygen atoms in total. The SMILES string of the molecule is CCc1ccc(CC(=O)N/N=C/c2cc(I)c(OCc3ccccc3)c(I)c2)cc1. The summed E-state index contributed by atoms with van der Waals surface area (Å²) in [5, 5.41) is 4.10. The average Bonchev–Trinajstić information content (AvgIpc) is 2.74. The number of benzene rings is 3. The quantitative estimate of drug-likeness (QED) is 0.198. The third kappa shape index (κ3) is 6.80. The summed E-state index contributed by atoms with van der Waals surface area (Å²) in [5.41, 5.74) is 6.87. The molecule has 0 saturated carbocycles. The van der Waals surface area contributed by atoms with E-state index in [1.54, 1.807) is 6.21 Å². The molecule has 0 spiro atoms. The van der Waals surface area contributed by atoms with Gasteiger partial charge in [-0.1, -0.05) is 61.5 Å². The van der Waals surface area contributed by atoms with Gasteiger partial charge in [-0.05, 0) is 86.0 Å². The first-order valence-corrected chi connectivity index (χ1v) is 11.8. The van der Waals surface area contributed by atoms with Crippen molar-refractivity contribution in [3.63, 3.8) is 0 Å². The number of hydrogen-bond acceptors (Lipinski definition) is 3. The monoisotopic (exact) mass is 624 g/mol. The summed E-state index contributed by atoms with van der Waals surface area (Å²) in [4.78, 5) is 12.1. The molecule has 0 fully saturated rings. The maximum absolute atomic E-state index is 12.1. The molecule has 6 heteroatoms. The molecule has 1 amide bonds. The molecule has 0 aliphatic heterocycles. The van der Waals surface area contributed by atoms with E-state index in [1.165, 1.54) is 5.56 Å². The first-order valence-electron chi connectivity index (χ1n) is 9.60. The number of halogens is 2. The lowest BCUT2D eigenvalue weighted by molar-refractivity contribution is -0.120. The van der Waals surface area contributed by atoms with Crippen molar-refractivity contribution in [1.82, 2.24) is 5.43 Å². The van der Waals surface area contributed by atoms with Crippen LogP contribution in [0.25, 0.3) is 0 Å². The second kappa shape index (κ2) is 11.5. The van der Waals surface area contributed by atoms with Crippen LogP contribution in [0.2, 0.25) is 0 Å². The molecular weight excluding hydrogens is 602 g/mol. The maximum Gasteiger partial charge on any atom is 0.244 e. The molecule has 3 aromatic rings. The van der Waals surface area contributed by atoms with Crippen LogP contribution in [0.1, 0.15) is 29.2 Å². The summed E-state index contributed by atoms with van der Waals surface area (Å²) < 4.78 is 8.00. The highest BCUT2D eigenvalue weighted by Crippen LogP contribution is 2.29.